The van der Waals surface area contributed by atoms with E-state index in [4.69, 9.17) is 5.73 Å². The van der Waals surface area contributed by atoms with Crippen LogP contribution in [0.15, 0.2) is 41.5 Å². The second kappa shape index (κ2) is 5.69. The Morgan fingerprint density at radius 1 is 1.29 bits per heavy atom. The topological polar surface area (TPSA) is 72.9 Å². The first-order valence-corrected chi connectivity index (χ1v) is 7.00. The predicted molar refractivity (Wildman–Crippen MR) is 85.8 cm³/mol. The molecule has 0 saturated carbocycles. The highest BCUT2D eigenvalue weighted by Crippen LogP contribution is 2.23. The molecular weight excluding hydrogens is 264 g/mol. The summed E-state index contributed by atoms with van der Waals surface area (Å²) in [6, 6.07) is 7.55. The minimum absolute atomic E-state index is 0.123. The third kappa shape index (κ3) is 3.31. The Kier molecular flexibility index (Phi) is 4.14. The van der Waals surface area contributed by atoms with Gasteiger partial charge in [-0.25, -0.2) is 4.98 Å². The van der Waals surface area contributed by atoms with Crippen molar-refractivity contribution in [2.75, 3.05) is 5.32 Å². The summed E-state index contributed by atoms with van der Waals surface area (Å²) >= 11 is 0. The van der Waals surface area contributed by atoms with Crippen molar-refractivity contribution >= 4 is 11.5 Å². The lowest BCUT2D eigenvalue weighted by atomic mass is 10.1. The highest BCUT2D eigenvalue weighted by atomic mass is 16.1. The fraction of sp³-hybridized carbons (Fsp3) is 0.375. The van der Waals surface area contributed by atoms with E-state index in [-0.39, 0.29) is 17.1 Å². The average molecular weight is 286 g/mol. The molecule has 21 heavy (non-hydrogen) atoms. The molecule has 0 radical (unpaired) electrons. The summed E-state index contributed by atoms with van der Waals surface area (Å²) in [4.78, 5) is 16.7. The number of hydrogen-bond donors (Lipinski definition) is 2. The molecule has 0 aliphatic heterocycles. The van der Waals surface area contributed by atoms with Crippen molar-refractivity contribution in [2.45, 2.75) is 39.3 Å². The van der Waals surface area contributed by atoms with E-state index in [1.165, 1.54) is 0 Å². The molecule has 0 spiro atoms. The normalized spacial score (nSPS) is 13.0. The molecule has 2 aromatic rings. The fourth-order valence-electron chi connectivity index (χ4n) is 2.16. The Balaban J connectivity index is 2.45. The van der Waals surface area contributed by atoms with E-state index in [0.29, 0.717) is 5.82 Å². The van der Waals surface area contributed by atoms with Crippen LogP contribution in [0.5, 0.6) is 0 Å². The number of para-hydroxylation sites is 1. The van der Waals surface area contributed by atoms with Crippen molar-refractivity contribution in [3.8, 4) is 0 Å². The maximum absolute atomic E-state index is 12.5. The molecule has 1 unspecified atom stereocenters. The largest absolute Gasteiger partial charge is 0.335 e. The summed E-state index contributed by atoms with van der Waals surface area (Å²) in [5.74, 6) is 0.306. The van der Waals surface area contributed by atoms with E-state index in [2.05, 4.69) is 10.3 Å². The maximum atomic E-state index is 12.5. The number of hydrogen-bond acceptors (Lipinski definition) is 4. The van der Waals surface area contributed by atoms with Gasteiger partial charge in [-0.1, -0.05) is 18.2 Å². The summed E-state index contributed by atoms with van der Waals surface area (Å²) in [6.07, 6.45) is 3.33. The molecule has 0 saturated heterocycles. The van der Waals surface area contributed by atoms with E-state index in [9.17, 15) is 4.79 Å². The van der Waals surface area contributed by atoms with Crippen LogP contribution in [0.25, 0.3) is 0 Å². The van der Waals surface area contributed by atoms with E-state index < -0.39 is 0 Å². The van der Waals surface area contributed by atoms with Gasteiger partial charge in [0, 0.05) is 29.7 Å². The van der Waals surface area contributed by atoms with Crippen LogP contribution < -0.4 is 16.6 Å². The Morgan fingerprint density at radius 3 is 2.57 bits per heavy atom. The third-order valence-corrected chi connectivity index (χ3v) is 3.27. The van der Waals surface area contributed by atoms with Crippen LogP contribution in [-0.4, -0.2) is 9.55 Å². The summed E-state index contributed by atoms with van der Waals surface area (Å²) in [7, 11) is 0. The molecule has 0 fully saturated rings. The highest BCUT2D eigenvalue weighted by molar-refractivity contribution is 5.60. The van der Waals surface area contributed by atoms with Gasteiger partial charge >= 0.3 is 0 Å². The zero-order chi connectivity index (χ0) is 15.6. The smallest absolute Gasteiger partial charge is 0.294 e. The molecule has 1 heterocycles. The van der Waals surface area contributed by atoms with E-state index in [1.54, 1.807) is 17.0 Å². The number of benzene rings is 1. The van der Waals surface area contributed by atoms with Crippen molar-refractivity contribution in [2.24, 2.45) is 5.73 Å². The zero-order valence-electron chi connectivity index (χ0n) is 12.9. The lowest BCUT2D eigenvalue weighted by molar-refractivity contribution is 0.383. The molecule has 5 heteroatoms. The monoisotopic (exact) mass is 286 g/mol. The second-order valence-electron chi connectivity index (χ2n) is 6.12. The average Bonchev–Trinajstić information content (AvgIpc) is 2.40. The molecule has 1 atom stereocenters. The van der Waals surface area contributed by atoms with E-state index >= 15 is 0 Å². The molecule has 0 amide bonds. The lowest BCUT2D eigenvalue weighted by Crippen LogP contribution is -2.34. The lowest BCUT2D eigenvalue weighted by Gasteiger charge is -2.23. The van der Waals surface area contributed by atoms with Crippen LogP contribution in [0.2, 0.25) is 0 Å². The Labute approximate surface area is 124 Å². The SMILES string of the molecule is CC(N)c1ccccc1Nc1nccn(C(C)(C)C)c1=O. The first-order valence-electron chi connectivity index (χ1n) is 7.00. The molecule has 3 N–H and O–H groups in total. The van der Waals surface area contributed by atoms with Gasteiger partial charge in [-0.3, -0.25) is 4.79 Å². The molecule has 2 rings (SSSR count). The van der Waals surface area contributed by atoms with Gasteiger partial charge in [0.15, 0.2) is 5.82 Å². The Morgan fingerprint density at radius 2 is 1.95 bits per heavy atom. The molecule has 112 valence electrons. The summed E-state index contributed by atoms with van der Waals surface area (Å²) in [6.45, 7) is 7.85. The fourth-order valence-corrected chi connectivity index (χ4v) is 2.16. The van der Waals surface area contributed by atoms with Crippen LogP contribution >= 0.6 is 0 Å². The van der Waals surface area contributed by atoms with Gasteiger partial charge < -0.3 is 15.6 Å². The Hall–Kier alpha value is -2.14. The van der Waals surface area contributed by atoms with Gasteiger partial charge in [-0.2, -0.15) is 0 Å². The minimum atomic E-state index is -0.295. The molecule has 0 aliphatic rings. The minimum Gasteiger partial charge on any atom is -0.335 e. The van der Waals surface area contributed by atoms with Crippen LogP contribution in [-0.2, 0) is 5.54 Å². The van der Waals surface area contributed by atoms with Gasteiger partial charge in [0.2, 0.25) is 0 Å². The summed E-state index contributed by atoms with van der Waals surface area (Å²) < 4.78 is 1.66. The number of rotatable bonds is 3. The van der Waals surface area contributed by atoms with Crippen LogP contribution in [0.3, 0.4) is 0 Å². The second-order valence-corrected chi connectivity index (χ2v) is 6.12. The first-order chi connectivity index (χ1) is 9.80. The number of nitrogens with one attached hydrogen (secondary N) is 1. The predicted octanol–water partition coefficient (Wildman–Crippen LogP) is 2.76. The highest BCUT2D eigenvalue weighted by Gasteiger charge is 2.17. The van der Waals surface area contributed by atoms with Crippen molar-refractivity contribution in [3.63, 3.8) is 0 Å². The number of nitrogens with zero attached hydrogens (tertiary/aromatic N) is 2. The van der Waals surface area contributed by atoms with Crippen LogP contribution in [0.4, 0.5) is 11.5 Å². The summed E-state index contributed by atoms with van der Waals surface area (Å²) in [5.41, 5.74) is 7.28. The van der Waals surface area contributed by atoms with Gasteiger partial charge in [0.05, 0.1) is 0 Å². The van der Waals surface area contributed by atoms with E-state index in [0.717, 1.165) is 11.3 Å². The third-order valence-electron chi connectivity index (χ3n) is 3.27. The van der Waals surface area contributed by atoms with Gasteiger partial charge in [-0.05, 0) is 39.3 Å². The van der Waals surface area contributed by atoms with Crippen molar-refractivity contribution in [3.05, 3.63) is 52.6 Å². The molecule has 5 nitrogen and oxygen atoms in total. The molecular formula is C16H22N4O. The van der Waals surface area contributed by atoms with Crippen LogP contribution in [0, 0.1) is 0 Å². The van der Waals surface area contributed by atoms with Gasteiger partial charge in [0.1, 0.15) is 0 Å². The molecule has 0 bridgehead atoms. The van der Waals surface area contributed by atoms with Crippen molar-refractivity contribution in [1.29, 1.82) is 0 Å². The quantitative estimate of drug-likeness (QED) is 0.910. The maximum Gasteiger partial charge on any atom is 0.294 e. The van der Waals surface area contributed by atoms with Crippen molar-refractivity contribution in [1.82, 2.24) is 9.55 Å². The zero-order valence-corrected chi connectivity index (χ0v) is 12.9. The number of nitrogens with two attached hydrogens (primary N) is 1. The van der Waals surface area contributed by atoms with E-state index in [1.807, 2.05) is 52.0 Å². The molecule has 0 aliphatic carbocycles. The first kappa shape index (κ1) is 15.3. The Bertz CT molecular complexity index is 683. The standard InChI is InChI=1S/C16H22N4O/c1-11(17)12-7-5-6-8-13(12)19-14-15(21)20(10-9-18-14)16(2,3)4/h5-11H,17H2,1-4H3,(H,18,19). The molecule has 1 aromatic heterocycles. The van der Waals surface area contributed by atoms with Gasteiger partial charge in [-0.15, -0.1) is 0 Å². The molecule has 1 aromatic carbocycles. The van der Waals surface area contributed by atoms with Crippen LogP contribution in [0.1, 0.15) is 39.3 Å². The number of aromatic nitrogens is 2. The van der Waals surface area contributed by atoms with Crippen molar-refractivity contribution < 1.29 is 0 Å². The number of anilines is 2. The van der Waals surface area contributed by atoms with Gasteiger partial charge in [0.25, 0.3) is 5.56 Å². The summed E-state index contributed by atoms with van der Waals surface area (Å²) in [5, 5.41) is 3.11.